The van der Waals surface area contributed by atoms with Crippen LogP contribution in [-0.2, 0) is 6.54 Å². The van der Waals surface area contributed by atoms with Crippen molar-refractivity contribution in [3.05, 3.63) is 88.1 Å². The van der Waals surface area contributed by atoms with Crippen molar-refractivity contribution in [2.24, 2.45) is 0 Å². The standard InChI is InChI=1S/C23H17N3O2S/c24-17-8-1-2-9-18(17)25-22(27)20-12-11-15(29-20)13-26-19-10-4-6-14-5-3-7-16(21(14)19)23(26)28/h1-12H,13,24H2,(H,25,27). The first-order chi connectivity index (χ1) is 14.1. The number of nitrogens with zero attached hydrogens (tertiary/aromatic N) is 1. The Hall–Kier alpha value is -3.64. The Balaban J connectivity index is 1.39. The van der Waals surface area contributed by atoms with Crippen LogP contribution in [0.4, 0.5) is 17.1 Å². The number of carbonyl (C=O) groups excluding carboxylic acids is 2. The fraction of sp³-hybridized carbons (Fsp3) is 0.0435. The average Bonchev–Trinajstić information content (AvgIpc) is 3.31. The van der Waals surface area contributed by atoms with Gasteiger partial charge >= 0.3 is 0 Å². The number of hydrogen-bond donors (Lipinski definition) is 2. The molecule has 5 nitrogen and oxygen atoms in total. The molecule has 3 aromatic carbocycles. The van der Waals surface area contributed by atoms with E-state index >= 15 is 0 Å². The van der Waals surface area contributed by atoms with Crippen LogP contribution in [0.1, 0.15) is 24.9 Å². The maximum Gasteiger partial charge on any atom is 0.265 e. The lowest BCUT2D eigenvalue weighted by molar-refractivity contribution is 0.0990. The van der Waals surface area contributed by atoms with E-state index in [1.165, 1.54) is 11.3 Å². The number of carbonyl (C=O) groups is 2. The zero-order valence-electron chi connectivity index (χ0n) is 15.4. The fourth-order valence-corrected chi connectivity index (χ4v) is 4.56. The molecule has 4 aromatic rings. The van der Waals surface area contributed by atoms with Gasteiger partial charge in [0, 0.05) is 15.8 Å². The largest absolute Gasteiger partial charge is 0.397 e. The second kappa shape index (κ2) is 6.76. The number of nitrogens with two attached hydrogens (primary N) is 1. The van der Waals surface area contributed by atoms with E-state index in [-0.39, 0.29) is 11.8 Å². The molecule has 0 unspecified atom stereocenters. The van der Waals surface area contributed by atoms with Crippen molar-refractivity contribution in [1.82, 2.24) is 0 Å². The molecule has 0 saturated heterocycles. The van der Waals surface area contributed by atoms with Gasteiger partial charge in [0.15, 0.2) is 0 Å². The van der Waals surface area contributed by atoms with E-state index < -0.39 is 0 Å². The van der Waals surface area contributed by atoms with Crippen LogP contribution in [0, 0.1) is 0 Å². The monoisotopic (exact) mass is 399 g/mol. The molecule has 3 N–H and O–H groups in total. The molecule has 6 heteroatoms. The Morgan fingerprint density at radius 1 is 0.966 bits per heavy atom. The van der Waals surface area contributed by atoms with Crippen LogP contribution in [0.15, 0.2) is 72.8 Å². The first-order valence-electron chi connectivity index (χ1n) is 9.20. The summed E-state index contributed by atoms with van der Waals surface area (Å²) in [6.45, 7) is 0.429. The molecule has 0 aliphatic carbocycles. The molecule has 1 aliphatic rings. The predicted molar refractivity (Wildman–Crippen MR) is 118 cm³/mol. The highest BCUT2D eigenvalue weighted by atomic mass is 32.1. The summed E-state index contributed by atoms with van der Waals surface area (Å²) in [5.41, 5.74) is 8.65. The van der Waals surface area contributed by atoms with Crippen LogP contribution in [-0.4, -0.2) is 11.8 Å². The number of thiophene rings is 1. The van der Waals surface area contributed by atoms with Crippen molar-refractivity contribution in [1.29, 1.82) is 0 Å². The van der Waals surface area contributed by atoms with E-state index in [0.717, 1.165) is 26.9 Å². The van der Waals surface area contributed by atoms with Crippen LogP contribution in [0.2, 0.25) is 0 Å². The minimum absolute atomic E-state index is 0.00624. The van der Waals surface area contributed by atoms with Crippen LogP contribution in [0.3, 0.4) is 0 Å². The molecule has 2 amide bonds. The van der Waals surface area contributed by atoms with Crippen LogP contribution >= 0.6 is 11.3 Å². The zero-order valence-corrected chi connectivity index (χ0v) is 16.2. The first-order valence-corrected chi connectivity index (χ1v) is 10.0. The van der Waals surface area contributed by atoms with Gasteiger partial charge in [-0.15, -0.1) is 11.3 Å². The quantitative estimate of drug-likeness (QED) is 0.480. The maximum atomic E-state index is 12.9. The third-order valence-corrected chi connectivity index (χ3v) is 6.13. The SMILES string of the molecule is Nc1ccccc1NC(=O)c1ccc(CN2C(=O)c3cccc4cccc2c34)s1. The van der Waals surface area contributed by atoms with E-state index in [9.17, 15) is 9.59 Å². The number of nitrogen functional groups attached to an aromatic ring is 1. The maximum absolute atomic E-state index is 12.9. The summed E-state index contributed by atoms with van der Waals surface area (Å²) in [7, 11) is 0. The molecule has 1 aromatic heterocycles. The molecule has 0 bridgehead atoms. The molecule has 0 spiro atoms. The number of benzene rings is 3. The summed E-state index contributed by atoms with van der Waals surface area (Å²) in [6.07, 6.45) is 0. The van der Waals surface area contributed by atoms with Gasteiger partial charge in [-0.2, -0.15) is 0 Å². The Morgan fingerprint density at radius 2 is 1.76 bits per heavy atom. The molecular weight excluding hydrogens is 382 g/mol. The van der Waals surface area contributed by atoms with Gasteiger partial charge < -0.3 is 16.0 Å². The molecule has 0 radical (unpaired) electrons. The molecule has 5 rings (SSSR count). The van der Waals surface area contributed by atoms with Crippen LogP contribution < -0.4 is 16.0 Å². The number of hydrogen-bond acceptors (Lipinski definition) is 4. The number of rotatable bonds is 4. The van der Waals surface area contributed by atoms with Crippen LogP contribution in [0.25, 0.3) is 10.8 Å². The van der Waals surface area contributed by atoms with Gasteiger partial charge in [0.2, 0.25) is 0 Å². The minimum atomic E-state index is -0.211. The lowest BCUT2D eigenvalue weighted by Gasteiger charge is -2.16. The van der Waals surface area contributed by atoms with E-state index in [0.29, 0.717) is 22.8 Å². The molecule has 0 fully saturated rings. The summed E-state index contributed by atoms with van der Waals surface area (Å²) in [4.78, 5) is 28.8. The average molecular weight is 399 g/mol. The molecule has 2 heterocycles. The van der Waals surface area contributed by atoms with Gasteiger partial charge in [0.1, 0.15) is 0 Å². The van der Waals surface area contributed by atoms with E-state index in [4.69, 9.17) is 5.73 Å². The minimum Gasteiger partial charge on any atom is -0.397 e. The van der Waals surface area contributed by atoms with Crippen molar-refractivity contribution >= 4 is 51.0 Å². The topological polar surface area (TPSA) is 75.4 Å². The van der Waals surface area contributed by atoms with E-state index in [1.807, 2.05) is 54.6 Å². The number of anilines is 3. The zero-order chi connectivity index (χ0) is 20.0. The second-order valence-corrected chi connectivity index (χ2v) is 8.05. The molecule has 1 aliphatic heterocycles. The Bertz CT molecular complexity index is 1270. The highest BCUT2D eigenvalue weighted by Gasteiger charge is 2.29. The molecule has 0 atom stereocenters. The third-order valence-electron chi connectivity index (χ3n) is 5.06. The van der Waals surface area contributed by atoms with Crippen LogP contribution in [0.5, 0.6) is 0 Å². The van der Waals surface area contributed by atoms with Gasteiger partial charge in [-0.05, 0) is 41.8 Å². The normalized spacial score (nSPS) is 12.6. The van der Waals surface area contributed by atoms with Crippen molar-refractivity contribution in [2.75, 3.05) is 16.0 Å². The smallest absolute Gasteiger partial charge is 0.265 e. The molecule has 0 saturated carbocycles. The Labute approximate surface area is 171 Å². The van der Waals surface area contributed by atoms with Crippen molar-refractivity contribution in [3.8, 4) is 0 Å². The lowest BCUT2D eigenvalue weighted by atomic mass is 10.1. The number of nitrogens with one attached hydrogen (secondary N) is 1. The van der Waals surface area contributed by atoms with Crippen molar-refractivity contribution in [3.63, 3.8) is 0 Å². The summed E-state index contributed by atoms with van der Waals surface area (Å²) in [5.74, 6) is -0.217. The highest BCUT2D eigenvalue weighted by molar-refractivity contribution is 7.14. The summed E-state index contributed by atoms with van der Waals surface area (Å²) >= 11 is 1.38. The van der Waals surface area contributed by atoms with Gasteiger partial charge in [0.05, 0.1) is 28.5 Å². The van der Waals surface area contributed by atoms with Gasteiger partial charge in [-0.3, -0.25) is 9.59 Å². The van der Waals surface area contributed by atoms with Crippen molar-refractivity contribution < 1.29 is 9.59 Å². The molecular formula is C23H17N3O2S. The summed E-state index contributed by atoms with van der Waals surface area (Å²) in [5, 5.41) is 4.89. The second-order valence-electron chi connectivity index (χ2n) is 6.88. The van der Waals surface area contributed by atoms with E-state index in [2.05, 4.69) is 5.32 Å². The lowest BCUT2D eigenvalue weighted by Crippen LogP contribution is -2.25. The summed E-state index contributed by atoms with van der Waals surface area (Å²) in [6, 6.07) is 22.6. The Kier molecular flexibility index (Phi) is 4.07. The van der Waals surface area contributed by atoms with E-state index in [1.54, 1.807) is 23.1 Å². The highest BCUT2D eigenvalue weighted by Crippen LogP contribution is 2.38. The van der Waals surface area contributed by atoms with Gasteiger partial charge in [-0.1, -0.05) is 36.4 Å². The predicted octanol–water partition coefficient (Wildman–Crippen LogP) is 4.90. The third kappa shape index (κ3) is 2.94. The number of para-hydroxylation sites is 2. The molecule has 29 heavy (non-hydrogen) atoms. The van der Waals surface area contributed by atoms with Crippen molar-refractivity contribution in [2.45, 2.75) is 6.54 Å². The summed E-state index contributed by atoms with van der Waals surface area (Å²) < 4.78 is 0. The first kappa shape index (κ1) is 17.5. The molecule has 142 valence electrons. The fourth-order valence-electron chi connectivity index (χ4n) is 3.67. The van der Waals surface area contributed by atoms with Gasteiger partial charge in [-0.25, -0.2) is 0 Å². The number of amides is 2. The van der Waals surface area contributed by atoms with Gasteiger partial charge in [0.25, 0.3) is 11.8 Å². The Morgan fingerprint density at radius 3 is 2.59 bits per heavy atom.